The summed E-state index contributed by atoms with van der Waals surface area (Å²) < 4.78 is 0. The summed E-state index contributed by atoms with van der Waals surface area (Å²) in [7, 11) is 0. The summed E-state index contributed by atoms with van der Waals surface area (Å²) in [4.78, 5) is 49.5. The minimum Gasteiger partial charge on any atom is -0.480 e. The Bertz CT molecular complexity index is 704. The van der Waals surface area contributed by atoms with Gasteiger partial charge < -0.3 is 15.3 Å². The Morgan fingerprint density at radius 1 is 1.22 bits per heavy atom. The highest BCUT2D eigenvalue weighted by atomic mass is 16.4. The lowest BCUT2D eigenvalue weighted by molar-refractivity contribution is -0.150. The first-order valence-corrected chi connectivity index (χ1v) is 9.16. The third-order valence-electron chi connectivity index (χ3n) is 4.80. The summed E-state index contributed by atoms with van der Waals surface area (Å²) in [5.74, 6) is -2.52. The SMILES string of the molecule is CC(=O)N[C@H](Cc1ccccc1)C(=O)C[C@H](C)C(=O)N1CCC[C@H]1C(=O)O. The molecule has 3 atom stereocenters. The standard InChI is InChI=1S/C20H26N2O5/c1-13(19(25)22-10-6-9-17(22)20(26)27)11-18(24)16(21-14(2)23)12-15-7-4-3-5-8-15/h3-5,7-8,13,16-17H,6,9-12H2,1-2H3,(H,21,23)(H,26,27)/t13-,16+,17-/m0/s1. The Labute approximate surface area is 158 Å². The van der Waals surface area contributed by atoms with Crippen molar-refractivity contribution in [2.75, 3.05) is 6.54 Å². The summed E-state index contributed by atoms with van der Waals surface area (Å²) in [6, 6.07) is 7.80. The lowest BCUT2D eigenvalue weighted by Crippen LogP contribution is -2.45. The first kappa shape index (κ1) is 20.6. The Morgan fingerprint density at radius 3 is 2.48 bits per heavy atom. The van der Waals surface area contributed by atoms with Gasteiger partial charge in [-0.15, -0.1) is 0 Å². The molecule has 7 heteroatoms. The molecule has 0 bridgehead atoms. The second-order valence-electron chi connectivity index (χ2n) is 7.04. The van der Waals surface area contributed by atoms with Gasteiger partial charge in [0.15, 0.2) is 5.78 Å². The van der Waals surface area contributed by atoms with Crippen molar-refractivity contribution >= 4 is 23.6 Å². The monoisotopic (exact) mass is 374 g/mol. The van der Waals surface area contributed by atoms with Crippen LogP contribution in [0, 0.1) is 5.92 Å². The van der Waals surface area contributed by atoms with Crippen LogP contribution in [0.4, 0.5) is 0 Å². The van der Waals surface area contributed by atoms with E-state index in [2.05, 4.69) is 5.32 Å². The van der Waals surface area contributed by atoms with E-state index in [9.17, 15) is 24.3 Å². The van der Waals surface area contributed by atoms with Crippen molar-refractivity contribution in [1.29, 1.82) is 0 Å². The van der Waals surface area contributed by atoms with Gasteiger partial charge in [-0.05, 0) is 24.8 Å². The number of likely N-dealkylation sites (tertiary alicyclic amines) is 1. The average Bonchev–Trinajstić information content (AvgIpc) is 3.11. The number of carbonyl (C=O) groups excluding carboxylic acids is 3. The second kappa shape index (κ2) is 9.30. The van der Waals surface area contributed by atoms with Crippen molar-refractivity contribution in [1.82, 2.24) is 10.2 Å². The molecule has 1 aromatic rings. The smallest absolute Gasteiger partial charge is 0.326 e. The van der Waals surface area contributed by atoms with Crippen molar-refractivity contribution < 1.29 is 24.3 Å². The highest BCUT2D eigenvalue weighted by Gasteiger charge is 2.36. The molecule has 1 heterocycles. The normalized spacial score (nSPS) is 18.6. The van der Waals surface area contributed by atoms with Gasteiger partial charge in [0.25, 0.3) is 0 Å². The third-order valence-corrected chi connectivity index (χ3v) is 4.80. The maximum atomic E-state index is 12.7. The molecule has 0 saturated carbocycles. The van der Waals surface area contributed by atoms with Crippen molar-refractivity contribution in [3.8, 4) is 0 Å². The number of benzene rings is 1. The number of Topliss-reactive ketones (excluding diaryl/α,β-unsaturated/α-hetero) is 1. The van der Waals surface area contributed by atoms with Crippen molar-refractivity contribution in [2.24, 2.45) is 5.92 Å². The molecular formula is C20H26N2O5. The van der Waals surface area contributed by atoms with Crippen LogP contribution in [0.15, 0.2) is 30.3 Å². The number of aliphatic carboxylic acids is 1. The topological polar surface area (TPSA) is 104 Å². The summed E-state index contributed by atoms with van der Waals surface area (Å²) in [5, 5.41) is 11.9. The molecule has 1 aliphatic heterocycles. The molecule has 0 aromatic heterocycles. The first-order valence-electron chi connectivity index (χ1n) is 9.16. The van der Waals surface area contributed by atoms with Gasteiger partial charge in [-0.25, -0.2) is 4.79 Å². The predicted octanol–water partition coefficient (Wildman–Crippen LogP) is 1.40. The number of carboxylic acids is 1. The van der Waals surface area contributed by atoms with E-state index in [0.29, 0.717) is 25.8 Å². The van der Waals surface area contributed by atoms with Crippen molar-refractivity contribution in [2.45, 2.75) is 51.6 Å². The van der Waals surface area contributed by atoms with Gasteiger partial charge in [-0.1, -0.05) is 37.3 Å². The first-order chi connectivity index (χ1) is 12.8. The van der Waals surface area contributed by atoms with E-state index in [1.807, 2.05) is 30.3 Å². The molecule has 1 fully saturated rings. The van der Waals surface area contributed by atoms with E-state index in [-0.39, 0.29) is 24.0 Å². The molecule has 2 rings (SSSR count). The summed E-state index contributed by atoms with van der Waals surface area (Å²) in [6.07, 6.45) is 1.39. The van der Waals surface area contributed by atoms with Crippen LogP contribution in [0.1, 0.15) is 38.7 Å². The fraction of sp³-hybridized carbons (Fsp3) is 0.500. The molecular weight excluding hydrogens is 348 g/mol. The number of rotatable bonds is 8. The molecule has 146 valence electrons. The molecule has 0 aliphatic carbocycles. The van der Waals surface area contributed by atoms with Gasteiger partial charge in [-0.3, -0.25) is 14.4 Å². The molecule has 7 nitrogen and oxygen atoms in total. The van der Waals surface area contributed by atoms with Crippen LogP contribution in [0.2, 0.25) is 0 Å². The number of nitrogens with zero attached hydrogens (tertiary/aromatic N) is 1. The highest BCUT2D eigenvalue weighted by Crippen LogP contribution is 2.22. The zero-order valence-corrected chi connectivity index (χ0v) is 15.7. The zero-order chi connectivity index (χ0) is 20.0. The van der Waals surface area contributed by atoms with Crippen molar-refractivity contribution in [3.05, 3.63) is 35.9 Å². The second-order valence-corrected chi connectivity index (χ2v) is 7.04. The summed E-state index contributed by atoms with van der Waals surface area (Å²) >= 11 is 0. The number of carbonyl (C=O) groups is 4. The molecule has 0 unspecified atom stereocenters. The Kier molecular flexibility index (Phi) is 7.10. The lowest BCUT2D eigenvalue weighted by Gasteiger charge is -2.25. The lowest BCUT2D eigenvalue weighted by atomic mass is 9.94. The average molecular weight is 374 g/mol. The number of nitrogens with one attached hydrogen (secondary N) is 1. The van der Waals surface area contributed by atoms with E-state index in [0.717, 1.165) is 5.56 Å². The van der Waals surface area contributed by atoms with Crippen LogP contribution in [0.25, 0.3) is 0 Å². The van der Waals surface area contributed by atoms with Crippen LogP contribution < -0.4 is 5.32 Å². The van der Waals surface area contributed by atoms with Crippen LogP contribution >= 0.6 is 0 Å². The van der Waals surface area contributed by atoms with Gasteiger partial charge in [0.2, 0.25) is 11.8 Å². The summed E-state index contributed by atoms with van der Waals surface area (Å²) in [6.45, 7) is 3.37. The molecule has 0 radical (unpaired) electrons. The predicted molar refractivity (Wildman–Crippen MR) is 98.9 cm³/mol. The zero-order valence-electron chi connectivity index (χ0n) is 15.7. The Hall–Kier alpha value is -2.70. The van der Waals surface area contributed by atoms with Gasteiger partial charge in [0.1, 0.15) is 6.04 Å². The minimum absolute atomic E-state index is 0.0422. The van der Waals surface area contributed by atoms with Gasteiger partial charge in [0, 0.05) is 25.8 Å². The Balaban J connectivity index is 2.03. The fourth-order valence-electron chi connectivity index (χ4n) is 3.44. The van der Waals surface area contributed by atoms with Crippen LogP contribution in [-0.2, 0) is 25.6 Å². The van der Waals surface area contributed by atoms with E-state index in [4.69, 9.17) is 0 Å². The van der Waals surface area contributed by atoms with Crippen LogP contribution in [-0.4, -0.2) is 52.2 Å². The number of hydrogen-bond donors (Lipinski definition) is 2. The number of carboxylic acid groups (broad SMARTS) is 1. The van der Waals surface area contributed by atoms with Crippen LogP contribution in [0.3, 0.4) is 0 Å². The fourth-order valence-corrected chi connectivity index (χ4v) is 3.44. The van der Waals surface area contributed by atoms with Gasteiger partial charge in [0.05, 0.1) is 6.04 Å². The minimum atomic E-state index is -1.01. The number of amides is 2. The van der Waals surface area contributed by atoms with Crippen LogP contribution in [0.5, 0.6) is 0 Å². The van der Waals surface area contributed by atoms with Gasteiger partial charge >= 0.3 is 5.97 Å². The molecule has 1 aliphatic rings. The Morgan fingerprint density at radius 2 is 1.89 bits per heavy atom. The van der Waals surface area contributed by atoms with E-state index >= 15 is 0 Å². The maximum absolute atomic E-state index is 12.7. The largest absolute Gasteiger partial charge is 0.480 e. The van der Waals surface area contributed by atoms with E-state index in [1.54, 1.807) is 6.92 Å². The number of hydrogen-bond acceptors (Lipinski definition) is 4. The molecule has 2 amide bonds. The quantitative estimate of drug-likeness (QED) is 0.716. The maximum Gasteiger partial charge on any atom is 0.326 e. The number of ketones is 1. The third kappa shape index (κ3) is 5.64. The van der Waals surface area contributed by atoms with E-state index < -0.39 is 24.0 Å². The highest BCUT2D eigenvalue weighted by molar-refractivity contribution is 5.93. The molecule has 1 saturated heterocycles. The molecule has 2 N–H and O–H groups in total. The summed E-state index contributed by atoms with van der Waals surface area (Å²) in [5.41, 5.74) is 0.911. The van der Waals surface area contributed by atoms with Gasteiger partial charge in [-0.2, -0.15) is 0 Å². The van der Waals surface area contributed by atoms with Crippen molar-refractivity contribution in [3.63, 3.8) is 0 Å². The molecule has 27 heavy (non-hydrogen) atoms. The molecule has 1 aromatic carbocycles. The van der Waals surface area contributed by atoms with E-state index in [1.165, 1.54) is 11.8 Å². The molecule has 0 spiro atoms.